The van der Waals surface area contributed by atoms with Gasteiger partial charge in [0.25, 0.3) is 0 Å². The first-order valence-corrected chi connectivity index (χ1v) is 8.95. The van der Waals surface area contributed by atoms with E-state index >= 15 is 0 Å². The van der Waals surface area contributed by atoms with Gasteiger partial charge in [-0.3, -0.25) is 9.88 Å². The summed E-state index contributed by atoms with van der Waals surface area (Å²) in [6, 6.07) is 14.4. The van der Waals surface area contributed by atoms with Crippen LogP contribution in [0, 0.1) is 0 Å². The fourth-order valence-electron chi connectivity index (χ4n) is 2.65. The predicted molar refractivity (Wildman–Crippen MR) is 120 cm³/mol. The first-order chi connectivity index (χ1) is 12.2. The summed E-state index contributed by atoms with van der Waals surface area (Å²) in [5.74, 6) is 0.480. The van der Waals surface area contributed by atoms with E-state index in [4.69, 9.17) is 5.73 Å². The van der Waals surface area contributed by atoms with Gasteiger partial charge in [0.05, 0.1) is 6.54 Å². The molecule has 0 radical (unpaired) electrons. The van der Waals surface area contributed by atoms with Crippen LogP contribution >= 0.6 is 24.0 Å². The van der Waals surface area contributed by atoms with Crippen LogP contribution in [-0.2, 0) is 19.5 Å². The Balaban J connectivity index is 0.00000338. The van der Waals surface area contributed by atoms with Crippen molar-refractivity contribution in [3.63, 3.8) is 0 Å². The van der Waals surface area contributed by atoms with Crippen LogP contribution in [0.25, 0.3) is 0 Å². The number of nitrogens with one attached hydrogen (secondary N) is 1. The summed E-state index contributed by atoms with van der Waals surface area (Å²) >= 11 is 0. The molecule has 6 heteroatoms. The molecule has 142 valence electrons. The van der Waals surface area contributed by atoms with Crippen molar-refractivity contribution in [2.75, 3.05) is 19.6 Å². The number of hydrogen-bond acceptors (Lipinski definition) is 3. The van der Waals surface area contributed by atoms with Gasteiger partial charge in [-0.1, -0.05) is 44.2 Å². The number of benzene rings is 1. The molecule has 0 amide bonds. The van der Waals surface area contributed by atoms with Crippen molar-refractivity contribution in [2.24, 2.45) is 10.7 Å². The maximum absolute atomic E-state index is 6.00. The summed E-state index contributed by atoms with van der Waals surface area (Å²) in [6.45, 7) is 8.75. The molecule has 1 aromatic heterocycles. The second-order valence-electron chi connectivity index (χ2n) is 5.93. The number of hydrogen-bond donors (Lipinski definition) is 2. The first-order valence-electron chi connectivity index (χ1n) is 8.95. The minimum Gasteiger partial charge on any atom is -0.370 e. The molecule has 0 saturated carbocycles. The molecule has 0 unspecified atom stereocenters. The normalized spacial score (nSPS) is 11.3. The van der Waals surface area contributed by atoms with Gasteiger partial charge in [0.1, 0.15) is 0 Å². The highest BCUT2D eigenvalue weighted by Gasteiger charge is 2.06. The van der Waals surface area contributed by atoms with Crippen LogP contribution in [0.5, 0.6) is 0 Å². The van der Waals surface area contributed by atoms with E-state index in [1.54, 1.807) is 6.20 Å². The van der Waals surface area contributed by atoms with Gasteiger partial charge in [-0.15, -0.1) is 24.0 Å². The van der Waals surface area contributed by atoms with Crippen molar-refractivity contribution in [1.29, 1.82) is 0 Å². The maximum Gasteiger partial charge on any atom is 0.188 e. The minimum atomic E-state index is 0. The Morgan fingerprint density at radius 3 is 2.42 bits per heavy atom. The summed E-state index contributed by atoms with van der Waals surface area (Å²) in [4.78, 5) is 11.2. The van der Waals surface area contributed by atoms with E-state index < -0.39 is 0 Å². The van der Waals surface area contributed by atoms with Gasteiger partial charge in [0, 0.05) is 31.4 Å². The molecular formula is C20H30IN5. The monoisotopic (exact) mass is 467 g/mol. The lowest BCUT2D eigenvalue weighted by atomic mass is 10.1. The number of nitrogens with two attached hydrogens (primary N) is 1. The van der Waals surface area contributed by atoms with Gasteiger partial charge in [-0.25, -0.2) is 4.99 Å². The zero-order valence-corrected chi connectivity index (χ0v) is 18.0. The summed E-state index contributed by atoms with van der Waals surface area (Å²) in [6.07, 6.45) is 2.63. The molecule has 0 aliphatic heterocycles. The van der Waals surface area contributed by atoms with Crippen molar-refractivity contribution >= 4 is 29.9 Å². The molecule has 1 heterocycles. The molecule has 0 spiro atoms. The Morgan fingerprint density at radius 2 is 1.77 bits per heavy atom. The molecule has 1 aromatic carbocycles. The average molecular weight is 467 g/mol. The molecule has 2 rings (SSSR count). The van der Waals surface area contributed by atoms with Gasteiger partial charge >= 0.3 is 0 Å². The van der Waals surface area contributed by atoms with E-state index in [0.717, 1.165) is 38.3 Å². The number of aromatic nitrogens is 1. The number of nitrogens with zero attached hydrogens (tertiary/aromatic N) is 3. The van der Waals surface area contributed by atoms with Crippen LogP contribution in [0.1, 0.15) is 30.7 Å². The van der Waals surface area contributed by atoms with E-state index in [-0.39, 0.29) is 24.0 Å². The molecular weight excluding hydrogens is 437 g/mol. The lowest BCUT2D eigenvalue weighted by Gasteiger charge is -2.19. The van der Waals surface area contributed by atoms with Crippen LogP contribution in [0.4, 0.5) is 0 Å². The number of aliphatic imine (C=N–C) groups is 1. The Morgan fingerprint density at radius 1 is 1.08 bits per heavy atom. The molecule has 0 aliphatic carbocycles. The van der Waals surface area contributed by atoms with E-state index in [0.29, 0.717) is 12.5 Å². The zero-order chi connectivity index (χ0) is 17.9. The molecule has 3 N–H and O–H groups in total. The molecule has 2 aromatic rings. The SMILES string of the molecule is CCN(CC)Cc1ccccc1CN=C(N)NCCc1ccccn1.I. The molecule has 0 aliphatic rings. The van der Waals surface area contributed by atoms with E-state index in [1.165, 1.54) is 11.1 Å². The van der Waals surface area contributed by atoms with Crippen LogP contribution in [0.3, 0.4) is 0 Å². The summed E-state index contributed by atoms with van der Waals surface area (Å²) < 4.78 is 0. The molecule has 0 atom stereocenters. The topological polar surface area (TPSA) is 66.5 Å². The van der Waals surface area contributed by atoms with Crippen molar-refractivity contribution in [3.05, 3.63) is 65.5 Å². The van der Waals surface area contributed by atoms with Gasteiger partial charge in [-0.05, 0) is 36.3 Å². The lowest BCUT2D eigenvalue weighted by Crippen LogP contribution is -2.33. The Labute approximate surface area is 174 Å². The van der Waals surface area contributed by atoms with Crippen molar-refractivity contribution in [3.8, 4) is 0 Å². The smallest absolute Gasteiger partial charge is 0.188 e. The third-order valence-corrected chi connectivity index (χ3v) is 4.24. The highest BCUT2D eigenvalue weighted by atomic mass is 127. The summed E-state index contributed by atoms with van der Waals surface area (Å²) in [7, 11) is 0. The van der Waals surface area contributed by atoms with Gasteiger partial charge in [-0.2, -0.15) is 0 Å². The van der Waals surface area contributed by atoms with Gasteiger partial charge in [0.2, 0.25) is 0 Å². The number of pyridine rings is 1. The Bertz CT molecular complexity index is 656. The first kappa shape index (κ1) is 22.4. The predicted octanol–water partition coefficient (Wildman–Crippen LogP) is 3.19. The van der Waals surface area contributed by atoms with E-state index in [9.17, 15) is 0 Å². The summed E-state index contributed by atoms with van der Waals surface area (Å²) in [5, 5.41) is 3.16. The fourth-order valence-corrected chi connectivity index (χ4v) is 2.65. The van der Waals surface area contributed by atoms with Crippen molar-refractivity contribution in [2.45, 2.75) is 33.4 Å². The highest BCUT2D eigenvalue weighted by molar-refractivity contribution is 14.0. The molecule has 0 fully saturated rings. The van der Waals surface area contributed by atoms with Gasteiger partial charge in [0.15, 0.2) is 5.96 Å². The molecule has 0 bridgehead atoms. The molecule has 26 heavy (non-hydrogen) atoms. The number of rotatable bonds is 9. The highest BCUT2D eigenvalue weighted by Crippen LogP contribution is 2.12. The van der Waals surface area contributed by atoms with Crippen LogP contribution in [0.2, 0.25) is 0 Å². The second kappa shape index (κ2) is 12.6. The van der Waals surface area contributed by atoms with Crippen LogP contribution < -0.4 is 11.1 Å². The standard InChI is InChI=1S/C20H29N5.HI/c1-3-25(4-2)16-18-10-6-5-9-17(18)15-24-20(21)23-14-12-19-11-7-8-13-22-19;/h5-11,13H,3-4,12,14-16H2,1-2H3,(H3,21,23,24);1H. The third-order valence-electron chi connectivity index (χ3n) is 4.24. The van der Waals surface area contributed by atoms with E-state index in [2.05, 4.69) is 58.3 Å². The van der Waals surface area contributed by atoms with Crippen LogP contribution in [-0.4, -0.2) is 35.5 Å². The van der Waals surface area contributed by atoms with E-state index in [1.807, 2.05) is 18.2 Å². The Hall–Kier alpha value is -1.67. The summed E-state index contributed by atoms with van der Waals surface area (Å²) in [5.41, 5.74) is 9.59. The maximum atomic E-state index is 6.00. The Kier molecular flexibility index (Phi) is 10.9. The quantitative estimate of drug-likeness (QED) is 0.338. The fraction of sp³-hybridized carbons (Fsp3) is 0.400. The lowest BCUT2D eigenvalue weighted by molar-refractivity contribution is 0.295. The zero-order valence-electron chi connectivity index (χ0n) is 15.7. The number of guanidine groups is 1. The largest absolute Gasteiger partial charge is 0.370 e. The van der Waals surface area contributed by atoms with Crippen LogP contribution in [0.15, 0.2) is 53.7 Å². The third kappa shape index (κ3) is 7.70. The molecule has 0 saturated heterocycles. The average Bonchev–Trinajstić information content (AvgIpc) is 2.66. The van der Waals surface area contributed by atoms with Crippen molar-refractivity contribution in [1.82, 2.24) is 15.2 Å². The van der Waals surface area contributed by atoms with Gasteiger partial charge < -0.3 is 11.1 Å². The second-order valence-corrected chi connectivity index (χ2v) is 5.93. The van der Waals surface area contributed by atoms with Crippen molar-refractivity contribution < 1.29 is 0 Å². The number of halogens is 1. The molecule has 5 nitrogen and oxygen atoms in total. The minimum absolute atomic E-state index is 0.